The van der Waals surface area contributed by atoms with Crippen molar-refractivity contribution in [2.75, 3.05) is 13.2 Å². The summed E-state index contributed by atoms with van der Waals surface area (Å²) in [7, 11) is 0. The van der Waals surface area contributed by atoms with E-state index in [1.165, 1.54) is 0 Å². The van der Waals surface area contributed by atoms with Crippen molar-refractivity contribution >= 4 is 5.91 Å². The lowest BCUT2D eigenvalue weighted by molar-refractivity contribution is 0.0936. The predicted octanol–water partition coefficient (Wildman–Crippen LogP) is 1.18. The van der Waals surface area contributed by atoms with Gasteiger partial charge in [-0.2, -0.15) is 5.10 Å². The number of rotatable bonds is 7. The zero-order valence-corrected chi connectivity index (χ0v) is 10.4. The molecular weight excluding hydrogens is 218 g/mol. The molecule has 5 heteroatoms. The molecule has 1 amide bonds. The SMILES string of the molecule is CC(C)CC(CCO)CNC(=O)c1ccn[nH]1. The smallest absolute Gasteiger partial charge is 0.269 e. The topological polar surface area (TPSA) is 78.0 Å². The van der Waals surface area contributed by atoms with Gasteiger partial charge in [0.25, 0.3) is 5.91 Å². The highest BCUT2D eigenvalue weighted by molar-refractivity contribution is 5.92. The fraction of sp³-hybridized carbons (Fsp3) is 0.667. The van der Waals surface area contributed by atoms with Crippen LogP contribution in [0.3, 0.4) is 0 Å². The summed E-state index contributed by atoms with van der Waals surface area (Å²) in [6.45, 7) is 5.04. The number of aliphatic hydroxyl groups is 1. The van der Waals surface area contributed by atoms with E-state index in [9.17, 15) is 4.79 Å². The Labute approximate surface area is 102 Å². The Hall–Kier alpha value is -1.36. The number of carbonyl (C=O) groups is 1. The van der Waals surface area contributed by atoms with E-state index in [0.717, 1.165) is 12.8 Å². The van der Waals surface area contributed by atoms with E-state index in [0.29, 0.717) is 24.1 Å². The average Bonchev–Trinajstić information content (AvgIpc) is 2.78. The lowest BCUT2D eigenvalue weighted by atomic mass is 9.94. The Balaban J connectivity index is 2.38. The second-order valence-electron chi connectivity index (χ2n) is 4.69. The van der Waals surface area contributed by atoms with Crippen molar-refractivity contribution in [3.05, 3.63) is 18.0 Å². The minimum atomic E-state index is -0.144. The van der Waals surface area contributed by atoms with Crippen molar-refractivity contribution in [2.24, 2.45) is 11.8 Å². The zero-order chi connectivity index (χ0) is 12.7. The maximum absolute atomic E-state index is 11.7. The van der Waals surface area contributed by atoms with Crippen LogP contribution in [0.4, 0.5) is 0 Å². The van der Waals surface area contributed by atoms with E-state index in [1.54, 1.807) is 12.3 Å². The first-order valence-electron chi connectivity index (χ1n) is 6.02. The van der Waals surface area contributed by atoms with E-state index >= 15 is 0 Å². The molecule has 0 aliphatic carbocycles. The summed E-state index contributed by atoms with van der Waals surface area (Å²) in [5.41, 5.74) is 0.470. The van der Waals surface area contributed by atoms with Gasteiger partial charge in [-0.05, 0) is 30.7 Å². The molecule has 0 aliphatic heterocycles. The average molecular weight is 239 g/mol. The Morgan fingerprint density at radius 2 is 2.35 bits per heavy atom. The van der Waals surface area contributed by atoms with Crippen molar-refractivity contribution in [1.82, 2.24) is 15.5 Å². The summed E-state index contributed by atoms with van der Waals surface area (Å²) in [5.74, 6) is 0.747. The molecule has 1 heterocycles. The normalized spacial score (nSPS) is 12.7. The van der Waals surface area contributed by atoms with Crippen LogP contribution in [0.2, 0.25) is 0 Å². The molecule has 17 heavy (non-hydrogen) atoms. The van der Waals surface area contributed by atoms with Gasteiger partial charge in [0.15, 0.2) is 0 Å². The molecular formula is C12H21N3O2. The van der Waals surface area contributed by atoms with E-state index in [2.05, 4.69) is 29.4 Å². The van der Waals surface area contributed by atoms with Gasteiger partial charge >= 0.3 is 0 Å². The highest BCUT2D eigenvalue weighted by Crippen LogP contribution is 2.14. The Kier molecular flexibility index (Phi) is 5.69. The quantitative estimate of drug-likeness (QED) is 0.668. The van der Waals surface area contributed by atoms with Crippen molar-refractivity contribution in [3.63, 3.8) is 0 Å². The maximum Gasteiger partial charge on any atom is 0.269 e. The van der Waals surface area contributed by atoms with Crippen LogP contribution >= 0.6 is 0 Å². The van der Waals surface area contributed by atoms with Gasteiger partial charge in [0.05, 0.1) is 0 Å². The fourth-order valence-electron chi connectivity index (χ4n) is 1.87. The minimum Gasteiger partial charge on any atom is -0.396 e. The van der Waals surface area contributed by atoms with Crippen LogP contribution in [-0.4, -0.2) is 34.4 Å². The van der Waals surface area contributed by atoms with Crippen molar-refractivity contribution < 1.29 is 9.90 Å². The van der Waals surface area contributed by atoms with Crippen molar-refractivity contribution in [1.29, 1.82) is 0 Å². The fourth-order valence-corrected chi connectivity index (χ4v) is 1.87. The van der Waals surface area contributed by atoms with Gasteiger partial charge in [0.2, 0.25) is 0 Å². The largest absolute Gasteiger partial charge is 0.396 e. The van der Waals surface area contributed by atoms with E-state index in [4.69, 9.17) is 5.11 Å². The monoisotopic (exact) mass is 239 g/mol. The molecule has 1 rings (SSSR count). The predicted molar refractivity (Wildman–Crippen MR) is 65.6 cm³/mol. The van der Waals surface area contributed by atoms with Gasteiger partial charge in [-0.3, -0.25) is 9.89 Å². The highest BCUT2D eigenvalue weighted by atomic mass is 16.3. The number of nitrogens with one attached hydrogen (secondary N) is 2. The molecule has 0 aromatic carbocycles. The van der Waals surface area contributed by atoms with Crippen LogP contribution in [-0.2, 0) is 0 Å². The van der Waals surface area contributed by atoms with Gasteiger partial charge in [0, 0.05) is 19.3 Å². The van der Waals surface area contributed by atoms with Crippen LogP contribution in [0.5, 0.6) is 0 Å². The first-order chi connectivity index (χ1) is 8.13. The standard InChI is InChI=1S/C12H21N3O2/c1-9(2)7-10(4-6-16)8-13-12(17)11-3-5-14-15-11/h3,5,9-10,16H,4,6-8H2,1-2H3,(H,13,17)(H,14,15). The second kappa shape index (κ2) is 7.06. The molecule has 1 aromatic rings. The number of hydrogen-bond acceptors (Lipinski definition) is 3. The summed E-state index contributed by atoms with van der Waals surface area (Å²) >= 11 is 0. The van der Waals surface area contributed by atoms with Crippen molar-refractivity contribution in [2.45, 2.75) is 26.7 Å². The Bertz CT molecular complexity index is 323. The molecule has 1 atom stereocenters. The third-order valence-corrected chi connectivity index (χ3v) is 2.64. The van der Waals surface area contributed by atoms with E-state index in [1.807, 2.05) is 0 Å². The van der Waals surface area contributed by atoms with Gasteiger partial charge < -0.3 is 10.4 Å². The number of nitrogens with zero attached hydrogens (tertiary/aromatic N) is 1. The zero-order valence-electron chi connectivity index (χ0n) is 10.4. The van der Waals surface area contributed by atoms with Gasteiger partial charge in [-0.1, -0.05) is 13.8 Å². The lowest BCUT2D eigenvalue weighted by Crippen LogP contribution is -2.30. The van der Waals surface area contributed by atoms with Crippen LogP contribution in [0.15, 0.2) is 12.3 Å². The molecule has 0 bridgehead atoms. The van der Waals surface area contributed by atoms with Gasteiger partial charge in [0.1, 0.15) is 5.69 Å². The molecule has 5 nitrogen and oxygen atoms in total. The molecule has 1 unspecified atom stereocenters. The first-order valence-corrected chi connectivity index (χ1v) is 6.02. The van der Waals surface area contributed by atoms with Crippen LogP contribution < -0.4 is 5.32 Å². The van der Waals surface area contributed by atoms with Crippen LogP contribution in [0.1, 0.15) is 37.2 Å². The molecule has 3 N–H and O–H groups in total. The number of aromatic nitrogens is 2. The Morgan fingerprint density at radius 1 is 1.59 bits per heavy atom. The second-order valence-corrected chi connectivity index (χ2v) is 4.69. The summed E-state index contributed by atoms with van der Waals surface area (Å²) in [6, 6.07) is 1.64. The van der Waals surface area contributed by atoms with Crippen LogP contribution in [0.25, 0.3) is 0 Å². The molecule has 0 spiro atoms. The van der Waals surface area contributed by atoms with E-state index in [-0.39, 0.29) is 12.5 Å². The highest BCUT2D eigenvalue weighted by Gasteiger charge is 2.13. The van der Waals surface area contributed by atoms with Gasteiger partial charge in [-0.25, -0.2) is 0 Å². The number of hydrogen-bond donors (Lipinski definition) is 3. The molecule has 0 saturated carbocycles. The first kappa shape index (κ1) is 13.7. The number of aliphatic hydroxyl groups excluding tert-OH is 1. The number of aromatic amines is 1. The number of carbonyl (C=O) groups excluding carboxylic acids is 1. The van der Waals surface area contributed by atoms with Crippen molar-refractivity contribution in [3.8, 4) is 0 Å². The summed E-state index contributed by atoms with van der Waals surface area (Å²) in [4.78, 5) is 11.7. The summed E-state index contributed by atoms with van der Waals surface area (Å²) < 4.78 is 0. The third kappa shape index (κ3) is 4.99. The molecule has 0 aliphatic rings. The summed E-state index contributed by atoms with van der Waals surface area (Å²) in [5, 5.41) is 18.2. The van der Waals surface area contributed by atoms with Crippen LogP contribution in [0, 0.1) is 11.8 Å². The lowest BCUT2D eigenvalue weighted by Gasteiger charge is -2.18. The third-order valence-electron chi connectivity index (χ3n) is 2.64. The van der Waals surface area contributed by atoms with E-state index < -0.39 is 0 Å². The molecule has 0 fully saturated rings. The summed E-state index contributed by atoms with van der Waals surface area (Å²) in [6.07, 6.45) is 3.28. The maximum atomic E-state index is 11.7. The molecule has 0 radical (unpaired) electrons. The molecule has 1 aromatic heterocycles. The number of amides is 1. The number of H-pyrrole nitrogens is 1. The Morgan fingerprint density at radius 3 is 2.88 bits per heavy atom. The van der Waals surface area contributed by atoms with Gasteiger partial charge in [-0.15, -0.1) is 0 Å². The molecule has 0 saturated heterocycles. The molecule has 96 valence electrons. The minimum absolute atomic E-state index is 0.144.